The molecule has 16 heavy (non-hydrogen) atoms. The van der Waals surface area contributed by atoms with Crippen LogP contribution in [-0.4, -0.2) is 21.9 Å². The molecule has 0 saturated carbocycles. The van der Waals surface area contributed by atoms with Gasteiger partial charge in [-0.05, 0) is 35.8 Å². The van der Waals surface area contributed by atoms with Gasteiger partial charge in [0.05, 0.1) is 4.88 Å². The highest BCUT2D eigenvalue weighted by atomic mass is 32.2. The van der Waals surface area contributed by atoms with Crippen LogP contribution in [0.1, 0.15) is 36.4 Å². The number of ketones is 1. The highest BCUT2D eigenvalue weighted by Crippen LogP contribution is 2.29. The number of carbonyl (C=O) groups is 1. The molecule has 0 aliphatic heterocycles. The molecule has 0 saturated heterocycles. The molecule has 0 bridgehead atoms. The lowest BCUT2D eigenvalue weighted by Gasteiger charge is -2.13. The lowest BCUT2D eigenvalue weighted by Crippen LogP contribution is -2.13. The summed E-state index contributed by atoms with van der Waals surface area (Å²) in [6, 6.07) is 3.88. The van der Waals surface area contributed by atoms with E-state index in [1.807, 2.05) is 17.5 Å². The second-order valence-corrected chi connectivity index (χ2v) is 7.09. The molecule has 0 atom stereocenters. The fraction of sp³-hybridized carbons (Fsp3) is 0.583. The molecule has 0 amide bonds. The lowest BCUT2D eigenvalue weighted by atomic mass is 10.3. The van der Waals surface area contributed by atoms with E-state index < -0.39 is 0 Å². The molecule has 0 fully saturated rings. The molecule has 90 valence electrons. The van der Waals surface area contributed by atoms with Crippen molar-refractivity contribution >= 4 is 40.6 Å². The van der Waals surface area contributed by atoms with Crippen molar-refractivity contribution in [1.29, 1.82) is 0 Å². The number of Topliss-reactive ketones (excluding diaryl/α,β-unsaturated/α-hetero) is 1. The number of thioether (sulfide) groups is 2. The van der Waals surface area contributed by atoms with Crippen LogP contribution in [0.15, 0.2) is 17.5 Å². The van der Waals surface area contributed by atoms with Gasteiger partial charge in [-0.15, -0.1) is 34.9 Å². The third kappa shape index (κ3) is 4.52. The summed E-state index contributed by atoms with van der Waals surface area (Å²) in [5.74, 6) is 2.43. The maximum atomic E-state index is 12.2. The molecule has 1 rings (SSSR count). The molecule has 4 heteroatoms. The van der Waals surface area contributed by atoms with E-state index in [1.54, 1.807) is 34.9 Å². The number of rotatable bonds is 8. The third-order valence-electron chi connectivity index (χ3n) is 1.92. The SMILES string of the molecule is CCCSC(SCCC)C(=O)c1cccs1. The van der Waals surface area contributed by atoms with Crippen LogP contribution in [0.5, 0.6) is 0 Å². The molecule has 1 aromatic heterocycles. The first-order valence-electron chi connectivity index (χ1n) is 5.60. The van der Waals surface area contributed by atoms with Crippen LogP contribution in [0.2, 0.25) is 0 Å². The Kier molecular flexibility index (Phi) is 7.25. The average Bonchev–Trinajstić information content (AvgIpc) is 2.82. The zero-order chi connectivity index (χ0) is 11.8. The fourth-order valence-corrected chi connectivity index (χ4v) is 4.45. The van der Waals surface area contributed by atoms with E-state index in [-0.39, 0.29) is 4.58 Å². The van der Waals surface area contributed by atoms with E-state index in [1.165, 1.54) is 0 Å². The molecule has 0 aliphatic rings. The topological polar surface area (TPSA) is 17.1 Å². The smallest absolute Gasteiger partial charge is 0.195 e. The Balaban J connectivity index is 2.56. The second kappa shape index (κ2) is 8.20. The number of hydrogen-bond donors (Lipinski definition) is 0. The summed E-state index contributed by atoms with van der Waals surface area (Å²) >= 11 is 5.13. The van der Waals surface area contributed by atoms with Crippen molar-refractivity contribution in [3.05, 3.63) is 22.4 Å². The van der Waals surface area contributed by atoms with Crippen LogP contribution in [0.3, 0.4) is 0 Å². The lowest BCUT2D eigenvalue weighted by molar-refractivity contribution is 0.101. The Hall–Kier alpha value is 0.0700. The van der Waals surface area contributed by atoms with Crippen LogP contribution >= 0.6 is 34.9 Å². The van der Waals surface area contributed by atoms with Gasteiger partial charge < -0.3 is 0 Å². The maximum Gasteiger partial charge on any atom is 0.195 e. The molecule has 0 radical (unpaired) electrons. The number of thiophene rings is 1. The van der Waals surface area contributed by atoms with E-state index in [9.17, 15) is 4.79 Å². The largest absolute Gasteiger partial charge is 0.291 e. The first-order chi connectivity index (χ1) is 7.79. The van der Waals surface area contributed by atoms with E-state index in [4.69, 9.17) is 0 Å². The van der Waals surface area contributed by atoms with Gasteiger partial charge in [0, 0.05) is 0 Å². The Labute approximate surface area is 110 Å². The van der Waals surface area contributed by atoms with Crippen molar-refractivity contribution in [2.45, 2.75) is 31.3 Å². The molecular formula is C12H18OS3. The average molecular weight is 274 g/mol. The first-order valence-corrected chi connectivity index (χ1v) is 8.58. The Morgan fingerprint density at radius 3 is 2.38 bits per heavy atom. The predicted molar refractivity (Wildman–Crippen MR) is 77.9 cm³/mol. The van der Waals surface area contributed by atoms with E-state index in [0.29, 0.717) is 5.78 Å². The summed E-state index contributed by atoms with van der Waals surface area (Å²) in [4.78, 5) is 13.1. The molecule has 0 spiro atoms. The maximum absolute atomic E-state index is 12.2. The fourth-order valence-electron chi connectivity index (χ4n) is 1.18. The van der Waals surface area contributed by atoms with Crippen molar-refractivity contribution in [2.75, 3.05) is 11.5 Å². The molecule has 1 heterocycles. The Morgan fingerprint density at radius 2 is 1.94 bits per heavy atom. The minimum absolute atomic E-state index is 0.0959. The van der Waals surface area contributed by atoms with E-state index in [0.717, 1.165) is 29.2 Å². The van der Waals surface area contributed by atoms with Gasteiger partial charge in [0.1, 0.15) is 4.58 Å². The summed E-state index contributed by atoms with van der Waals surface area (Å²) in [5.41, 5.74) is 0. The molecule has 1 aromatic rings. The minimum Gasteiger partial charge on any atom is -0.291 e. The Bertz CT molecular complexity index is 287. The minimum atomic E-state index is 0.0959. The molecular weight excluding hydrogens is 256 g/mol. The van der Waals surface area contributed by atoms with Crippen LogP contribution in [0.4, 0.5) is 0 Å². The van der Waals surface area contributed by atoms with Crippen LogP contribution in [-0.2, 0) is 0 Å². The molecule has 0 N–H and O–H groups in total. The summed E-state index contributed by atoms with van der Waals surface area (Å²) < 4.78 is 0.0959. The third-order valence-corrected chi connectivity index (χ3v) is 5.95. The van der Waals surface area contributed by atoms with Gasteiger partial charge in [0.15, 0.2) is 5.78 Å². The summed E-state index contributed by atoms with van der Waals surface area (Å²) in [5, 5.41) is 1.97. The van der Waals surface area contributed by atoms with Gasteiger partial charge in [-0.2, -0.15) is 0 Å². The number of carbonyl (C=O) groups excluding carboxylic acids is 1. The molecule has 0 aromatic carbocycles. The first kappa shape index (κ1) is 14.1. The molecule has 0 aliphatic carbocycles. The summed E-state index contributed by atoms with van der Waals surface area (Å²) in [6.07, 6.45) is 2.26. The normalized spacial score (nSPS) is 10.9. The summed E-state index contributed by atoms with van der Waals surface area (Å²) in [7, 11) is 0. The van der Waals surface area contributed by atoms with Crippen molar-refractivity contribution in [3.8, 4) is 0 Å². The monoisotopic (exact) mass is 274 g/mol. The van der Waals surface area contributed by atoms with Crippen molar-refractivity contribution in [2.24, 2.45) is 0 Å². The molecule has 1 nitrogen and oxygen atoms in total. The second-order valence-electron chi connectivity index (χ2n) is 3.42. The van der Waals surface area contributed by atoms with Crippen LogP contribution < -0.4 is 0 Å². The van der Waals surface area contributed by atoms with Crippen LogP contribution in [0.25, 0.3) is 0 Å². The van der Waals surface area contributed by atoms with Gasteiger partial charge in [-0.25, -0.2) is 0 Å². The number of hydrogen-bond acceptors (Lipinski definition) is 4. The quantitative estimate of drug-likeness (QED) is 0.511. The van der Waals surface area contributed by atoms with Crippen molar-refractivity contribution < 1.29 is 4.79 Å². The van der Waals surface area contributed by atoms with Crippen LogP contribution in [0, 0.1) is 0 Å². The van der Waals surface area contributed by atoms with Gasteiger partial charge in [0.2, 0.25) is 0 Å². The predicted octanol–water partition coefficient (Wildman–Crippen LogP) is 4.54. The zero-order valence-electron chi connectivity index (χ0n) is 9.77. The highest BCUT2D eigenvalue weighted by molar-refractivity contribution is 8.18. The van der Waals surface area contributed by atoms with Gasteiger partial charge in [-0.1, -0.05) is 19.9 Å². The van der Waals surface area contributed by atoms with Crippen molar-refractivity contribution in [3.63, 3.8) is 0 Å². The summed E-state index contributed by atoms with van der Waals surface area (Å²) in [6.45, 7) is 4.31. The van der Waals surface area contributed by atoms with E-state index in [2.05, 4.69) is 13.8 Å². The van der Waals surface area contributed by atoms with E-state index >= 15 is 0 Å². The Morgan fingerprint density at radius 1 is 1.31 bits per heavy atom. The zero-order valence-corrected chi connectivity index (χ0v) is 12.2. The highest BCUT2D eigenvalue weighted by Gasteiger charge is 2.20. The molecule has 0 unspecified atom stereocenters. The van der Waals surface area contributed by atoms with Crippen molar-refractivity contribution in [1.82, 2.24) is 0 Å². The van der Waals surface area contributed by atoms with Gasteiger partial charge >= 0.3 is 0 Å². The van der Waals surface area contributed by atoms with Gasteiger partial charge in [0.25, 0.3) is 0 Å². The van der Waals surface area contributed by atoms with Gasteiger partial charge in [-0.3, -0.25) is 4.79 Å². The standard InChI is InChI=1S/C12H18OS3/c1-3-7-15-12(16-8-4-2)11(13)10-6-5-9-14-10/h5-6,9,12H,3-4,7-8H2,1-2H3.